The Balaban J connectivity index is 2.13. The fraction of sp³-hybridized carbons (Fsp3) is 0.333. The Morgan fingerprint density at radius 3 is 2.27 bits per heavy atom. The summed E-state index contributed by atoms with van der Waals surface area (Å²) in [4.78, 5) is 0.164. The standard InChI is InChI=1S/C21H28N4O6S2/c1-4-5-14-31-32(27,28)16-21(25(26)24-22-3)19-10-8-18(9-11-19)15-23-33(29,30)20-12-6-17(2)7-13-20/h6-13,21-24,26H,14-16H2,1-3H3. The Bertz CT molecular complexity index is 1170. The van der Waals surface area contributed by atoms with Gasteiger partial charge in [-0.3, -0.25) is 9.39 Å². The molecule has 0 aliphatic heterocycles. The molecule has 0 saturated heterocycles. The summed E-state index contributed by atoms with van der Waals surface area (Å²) in [7, 11) is -6.18. The van der Waals surface area contributed by atoms with Gasteiger partial charge in [0.2, 0.25) is 10.0 Å². The summed E-state index contributed by atoms with van der Waals surface area (Å²) in [5, 5.41) is 10.9. The van der Waals surface area contributed by atoms with Crippen molar-refractivity contribution >= 4 is 20.1 Å². The molecule has 0 bridgehead atoms. The number of nitrogens with zero attached hydrogens (tertiary/aromatic N) is 1. The van der Waals surface area contributed by atoms with Crippen LogP contribution in [-0.2, 0) is 30.9 Å². The Morgan fingerprint density at radius 2 is 1.70 bits per heavy atom. The summed E-state index contributed by atoms with van der Waals surface area (Å²) in [6.45, 7) is 3.19. The Morgan fingerprint density at radius 1 is 1.06 bits per heavy atom. The third kappa shape index (κ3) is 8.50. The molecule has 1 unspecified atom stereocenters. The van der Waals surface area contributed by atoms with Crippen molar-refractivity contribution in [2.24, 2.45) is 0 Å². The predicted molar refractivity (Wildman–Crippen MR) is 123 cm³/mol. The van der Waals surface area contributed by atoms with Gasteiger partial charge in [-0.1, -0.05) is 47.9 Å². The minimum atomic E-state index is -4.00. The molecule has 2 aromatic rings. The maximum Gasteiger partial charge on any atom is 0.270 e. The molecule has 0 spiro atoms. The lowest BCUT2D eigenvalue weighted by Crippen LogP contribution is -2.47. The van der Waals surface area contributed by atoms with E-state index in [0.717, 1.165) is 5.56 Å². The maximum atomic E-state index is 12.5. The number of hydroxylamine groups is 1. The van der Waals surface area contributed by atoms with E-state index in [2.05, 4.69) is 27.5 Å². The van der Waals surface area contributed by atoms with Crippen LogP contribution in [0.5, 0.6) is 0 Å². The number of sulfonamides is 1. The molecule has 4 N–H and O–H groups in total. The summed E-state index contributed by atoms with van der Waals surface area (Å²) in [6.07, 6.45) is 0. The van der Waals surface area contributed by atoms with E-state index in [1.54, 1.807) is 43.3 Å². The highest BCUT2D eigenvalue weighted by atomic mass is 32.2. The second-order valence-corrected chi connectivity index (χ2v) is 10.5. The number of benzene rings is 2. The fourth-order valence-electron chi connectivity index (χ4n) is 2.77. The van der Waals surface area contributed by atoms with Crippen molar-refractivity contribution in [3.8, 4) is 11.8 Å². The SMILES string of the molecule is CC#CCOS(=O)(=O)CC(c1ccc(CNS(=O)(=O)c2ccc(C)cc2)cc1)N(O)NNC. The van der Waals surface area contributed by atoms with Crippen molar-refractivity contribution in [1.29, 1.82) is 0 Å². The van der Waals surface area contributed by atoms with Gasteiger partial charge in [-0.15, -0.1) is 11.1 Å². The molecule has 0 amide bonds. The molecule has 1 atom stereocenters. The monoisotopic (exact) mass is 496 g/mol. The smallest absolute Gasteiger partial charge is 0.270 e. The Kier molecular flexibility index (Phi) is 9.96. The first-order valence-corrected chi connectivity index (χ1v) is 13.0. The zero-order chi connectivity index (χ0) is 24.5. The van der Waals surface area contributed by atoms with E-state index in [1.807, 2.05) is 6.92 Å². The quantitative estimate of drug-likeness (QED) is 0.194. The van der Waals surface area contributed by atoms with Crippen molar-refractivity contribution < 1.29 is 26.2 Å². The van der Waals surface area contributed by atoms with E-state index in [-0.39, 0.29) is 18.0 Å². The molecule has 10 nitrogen and oxygen atoms in total. The van der Waals surface area contributed by atoms with Crippen LogP contribution in [0.25, 0.3) is 0 Å². The van der Waals surface area contributed by atoms with Crippen LogP contribution in [0.2, 0.25) is 0 Å². The van der Waals surface area contributed by atoms with E-state index in [0.29, 0.717) is 16.3 Å². The number of hydrogen-bond acceptors (Lipinski definition) is 9. The Labute approximate surface area is 195 Å². The molecule has 0 aliphatic rings. The van der Waals surface area contributed by atoms with Gasteiger partial charge in [-0.05, 0) is 44.2 Å². The summed E-state index contributed by atoms with van der Waals surface area (Å²) in [6, 6.07) is 12.0. The van der Waals surface area contributed by atoms with Gasteiger partial charge in [0.1, 0.15) is 6.61 Å². The third-order valence-electron chi connectivity index (χ3n) is 4.53. The zero-order valence-corrected chi connectivity index (χ0v) is 20.2. The average Bonchev–Trinajstić information content (AvgIpc) is 2.77. The molecule has 33 heavy (non-hydrogen) atoms. The summed E-state index contributed by atoms with van der Waals surface area (Å²) >= 11 is 0. The number of hydrogen-bond donors (Lipinski definition) is 4. The van der Waals surface area contributed by atoms with Crippen molar-refractivity contribution in [2.45, 2.75) is 31.3 Å². The lowest BCUT2D eigenvalue weighted by atomic mass is 10.1. The molecule has 12 heteroatoms. The van der Waals surface area contributed by atoms with Crippen molar-refractivity contribution in [1.82, 2.24) is 20.9 Å². The molecule has 0 fully saturated rings. The van der Waals surface area contributed by atoms with Crippen LogP contribution in [0.1, 0.15) is 29.7 Å². The molecule has 0 saturated carbocycles. The van der Waals surface area contributed by atoms with Gasteiger partial charge in [0.15, 0.2) is 0 Å². The van der Waals surface area contributed by atoms with E-state index in [4.69, 9.17) is 4.18 Å². The highest BCUT2D eigenvalue weighted by molar-refractivity contribution is 7.89. The number of nitrogens with one attached hydrogen (secondary N) is 3. The molecule has 0 heterocycles. The minimum Gasteiger partial charge on any atom is -0.297 e. The van der Waals surface area contributed by atoms with Gasteiger partial charge in [0, 0.05) is 6.54 Å². The van der Waals surface area contributed by atoms with E-state index in [1.165, 1.54) is 19.2 Å². The maximum absolute atomic E-state index is 12.5. The Hall–Kier alpha value is -2.34. The van der Waals surface area contributed by atoms with Gasteiger partial charge in [-0.25, -0.2) is 18.6 Å². The second kappa shape index (κ2) is 12.2. The van der Waals surface area contributed by atoms with Crippen molar-refractivity contribution in [2.75, 3.05) is 19.4 Å². The van der Waals surface area contributed by atoms with Gasteiger partial charge in [0.25, 0.3) is 10.1 Å². The first-order chi connectivity index (χ1) is 15.6. The summed E-state index contributed by atoms with van der Waals surface area (Å²) < 4.78 is 56.9. The summed E-state index contributed by atoms with van der Waals surface area (Å²) in [5.74, 6) is 4.50. The number of aryl methyl sites for hydroxylation is 1. The fourth-order valence-corrected chi connectivity index (χ4v) is 4.84. The van der Waals surface area contributed by atoms with Gasteiger partial charge >= 0.3 is 0 Å². The first-order valence-electron chi connectivity index (χ1n) is 9.90. The third-order valence-corrected chi connectivity index (χ3v) is 7.15. The highest BCUT2D eigenvalue weighted by Gasteiger charge is 2.27. The molecular formula is C21H28N4O6S2. The second-order valence-electron chi connectivity index (χ2n) is 7.01. The lowest BCUT2D eigenvalue weighted by Gasteiger charge is -2.26. The zero-order valence-electron chi connectivity index (χ0n) is 18.6. The van der Waals surface area contributed by atoms with Crippen LogP contribution in [-0.4, -0.2) is 46.6 Å². The summed E-state index contributed by atoms with van der Waals surface area (Å²) in [5.41, 5.74) is 6.99. The molecule has 2 aromatic carbocycles. The first kappa shape index (κ1) is 26.9. The van der Waals surface area contributed by atoms with E-state index in [9.17, 15) is 22.0 Å². The van der Waals surface area contributed by atoms with Crippen LogP contribution in [0, 0.1) is 18.8 Å². The van der Waals surface area contributed by atoms with Crippen LogP contribution in [0.15, 0.2) is 53.4 Å². The normalized spacial score (nSPS) is 12.9. The molecule has 2 rings (SSSR count). The highest BCUT2D eigenvalue weighted by Crippen LogP contribution is 2.21. The molecule has 0 radical (unpaired) electrons. The minimum absolute atomic E-state index is 0.0376. The lowest BCUT2D eigenvalue weighted by molar-refractivity contribution is -0.177. The van der Waals surface area contributed by atoms with Crippen molar-refractivity contribution in [3.63, 3.8) is 0 Å². The van der Waals surface area contributed by atoms with Gasteiger partial charge < -0.3 is 0 Å². The van der Waals surface area contributed by atoms with Crippen LogP contribution < -0.4 is 15.7 Å². The van der Waals surface area contributed by atoms with Crippen molar-refractivity contribution in [3.05, 3.63) is 65.2 Å². The van der Waals surface area contributed by atoms with Crippen LogP contribution in [0.4, 0.5) is 0 Å². The predicted octanol–water partition coefficient (Wildman–Crippen LogP) is 1.21. The molecule has 0 aliphatic carbocycles. The largest absolute Gasteiger partial charge is 0.297 e. The topological polar surface area (TPSA) is 137 Å². The van der Waals surface area contributed by atoms with E-state index >= 15 is 0 Å². The van der Waals surface area contributed by atoms with Crippen LogP contribution in [0.3, 0.4) is 0 Å². The van der Waals surface area contributed by atoms with E-state index < -0.39 is 31.9 Å². The molecular weight excluding hydrogens is 468 g/mol. The number of rotatable bonds is 12. The van der Waals surface area contributed by atoms with Gasteiger partial charge in [-0.2, -0.15) is 14.0 Å². The number of hydrazine groups is 2. The molecule has 0 aromatic heterocycles. The average molecular weight is 497 g/mol. The van der Waals surface area contributed by atoms with Crippen LogP contribution >= 0.6 is 0 Å². The molecule has 180 valence electrons. The van der Waals surface area contributed by atoms with Gasteiger partial charge in [0.05, 0.1) is 16.7 Å².